The van der Waals surface area contributed by atoms with E-state index in [0.29, 0.717) is 5.56 Å². The van der Waals surface area contributed by atoms with Gasteiger partial charge in [-0.25, -0.2) is 8.78 Å². The molecule has 0 aromatic heterocycles. The molecule has 0 unspecified atom stereocenters. The highest BCUT2D eigenvalue weighted by atomic mass is 19.2. The van der Waals surface area contributed by atoms with Crippen LogP contribution in [0.15, 0.2) is 18.2 Å². The van der Waals surface area contributed by atoms with Crippen LogP contribution in [0.4, 0.5) is 8.78 Å². The number of halogens is 2. The average molecular weight is 257 g/mol. The van der Waals surface area contributed by atoms with Gasteiger partial charge in [0.15, 0.2) is 11.6 Å². The molecule has 0 heterocycles. The molecular weight excluding hydrogens is 240 g/mol. The molecule has 0 aliphatic carbocycles. The van der Waals surface area contributed by atoms with Crippen LogP contribution < -0.4 is 5.32 Å². The van der Waals surface area contributed by atoms with Crippen molar-refractivity contribution in [1.29, 1.82) is 0 Å². The first kappa shape index (κ1) is 14.6. The van der Waals surface area contributed by atoms with Gasteiger partial charge in [-0.05, 0) is 23.6 Å². The molecule has 5 heteroatoms. The lowest BCUT2D eigenvalue weighted by Gasteiger charge is -2.19. The van der Waals surface area contributed by atoms with Crippen LogP contribution in [-0.4, -0.2) is 23.7 Å². The average Bonchev–Trinajstić information content (AvgIpc) is 2.30. The van der Waals surface area contributed by atoms with Crippen molar-refractivity contribution < 1.29 is 18.7 Å². The number of aliphatic hydroxyl groups is 1. The van der Waals surface area contributed by atoms with Crippen LogP contribution in [0.5, 0.6) is 0 Å². The van der Waals surface area contributed by atoms with Gasteiger partial charge in [0.1, 0.15) is 0 Å². The fourth-order valence-corrected chi connectivity index (χ4v) is 1.52. The molecule has 1 rings (SSSR count). The highest BCUT2D eigenvalue weighted by molar-refractivity contribution is 5.78. The fraction of sp³-hybridized carbons (Fsp3) is 0.462. The summed E-state index contributed by atoms with van der Waals surface area (Å²) in [6.07, 6.45) is -0.0413. The Kier molecular flexibility index (Phi) is 5.22. The van der Waals surface area contributed by atoms with Crippen LogP contribution in [-0.2, 0) is 11.2 Å². The van der Waals surface area contributed by atoms with Gasteiger partial charge in [-0.1, -0.05) is 19.9 Å². The van der Waals surface area contributed by atoms with E-state index < -0.39 is 11.6 Å². The highest BCUT2D eigenvalue weighted by Crippen LogP contribution is 2.09. The van der Waals surface area contributed by atoms with Crippen molar-refractivity contribution in [2.24, 2.45) is 5.92 Å². The van der Waals surface area contributed by atoms with E-state index in [1.807, 2.05) is 13.8 Å². The first-order valence-electron chi connectivity index (χ1n) is 5.78. The van der Waals surface area contributed by atoms with Crippen molar-refractivity contribution in [3.8, 4) is 0 Å². The molecule has 0 radical (unpaired) electrons. The molecule has 2 N–H and O–H groups in total. The Morgan fingerprint density at radius 1 is 1.33 bits per heavy atom. The number of benzene rings is 1. The van der Waals surface area contributed by atoms with E-state index in [1.54, 1.807) is 0 Å². The van der Waals surface area contributed by atoms with E-state index in [-0.39, 0.29) is 30.9 Å². The zero-order valence-electron chi connectivity index (χ0n) is 10.4. The number of carbonyl (C=O) groups excluding carboxylic acids is 1. The van der Waals surface area contributed by atoms with Gasteiger partial charge in [0.05, 0.1) is 19.1 Å². The molecule has 0 aliphatic heterocycles. The molecule has 0 aliphatic rings. The number of hydrogen-bond donors (Lipinski definition) is 2. The Morgan fingerprint density at radius 3 is 2.50 bits per heavy atom. The van der Waals surface area contributed by atoms with Crippen molar-refractivity contribution >= 4 is 5.91 Å². The molecule has 0 saturated heterocycles. The summed E-state index contributed by atoms with van der Waals surface area (Å²) >= 11 is 0. The molecule has 1 atom stereocenters. The van der Waals surface area contributed by atoms with Crippen molar-refractivity contribution in [2.45, 2.75) is 26.3 Å². The minimum atomic E-state index is -0.970. The van der Waals surface area contributed by atoms with Crippen molar-refractivity contribution in [2.75, 3.05) is 6.61 Å². The van der Waals surface area contributed by atoms with Gasteiger partial charge in [0.25, 0.3) is 0 Å². The summed E-state index contributed by atoms with van der Waals surface area (Å²) in [6, 6.07) is 3.02. The standard InChI is InChI=1S/C13H17F2NO2/c1-8(2)12(7-17)16-13(18)6-9-3-4-10(14)11(15)5-9/h3-5,8,12,17H,6-7H2,1-2H3,(H,16,18)/t12-/m1/s1. The second kappa shape index (κ2) is 6.44. The molecule has 1 aromatic carbocycles. The van der Waals surface area contributed by atoms with Gasteiger partial charge in [0.2, 0.25) is 5.91 Å². The number of hydrogen-bond acceptors (Lipinski definition) is 2. The van der Waals surface area contributed by atoms with Gasteiger partial charge >= 0.3 is 0 Å². The zero-order valence-corrected chi connectivity index (χ0v) is 10.4. The monoisotopic (exact) mass is 257 g/mol. The smallest absolute Gasteiger partial charge is 0.224 e. The van der Waals surface area contributed by atoms with Gasteiger partial charge in [0, 0.05) is 0 Å². The number of aliphatic hydroxyl groups excluding tert-OH is 1. The molecule has 100 valence electrons. The predicted molar refractivity (Wildman–Crippen MR) is 63.9 cm³/mol. The number of rotatable bonds is 5. The van der Waals surface area contributed by atoms with Crippen molar-refractivity contribution in [1.82, 2.24) is 5.32 Å². The summed E-state index contributed by atoms with van der Waals surface area (Å²) in [6.45, 7) is 3.60. The second-order valence-corrected chi connectivity index (χ2v) is 4.53. The lowest BCUT2D eigenvalue weighted by Crippen LogP contribution is -2.41. The molecule has 0 spiro atoms. The van der Waals surface area contributed by atoms with E-state index in [4.69, 9.17) is 5.11 Å². The maximum Gasteiger partial charge on any atom is 0.224 e. The van der Waals surface area contributed by atoms with E-state index in [9.17, 15) is 13.6 Å². The Balaban J connectivity index is 2.61. The summed E-state index contributed by atoms with van der Waals surface area (Å²) in [5, 5.41) is 11.7. The zero-order chi connectivity index (χ0) is 13.7. The van der Waals surface area contributed by atoms with Crippen LogP contribution >= 0.6 is 0 Å². The first-order chi connectivity index (χ1) is 8.43. The normalized spacial score (nSPS) is 12.6. The largest absolute Gasteiger partial charge is 0.394 e. The van der Waals surface area contributed by atoms with E-state index in [1.165, 1.54) is 6.07 Å². The first-order valence-corrected chi connectivity index (χ1v) is 5.78. The van der Waals surface area contributed by atoms with Crippen LogP contribution in [0.3, 0.4) is 0 Å². The predicted octanol–water partition coefficient (Wildman–Crippen LogP) is 1.64. The number of nitrogens with one attached hydrogen (secondary N) is 1. The quantitative estimate of drug-likeness (QED) is 0.842. The SMILES string of the molecule is CC(C)[C@@H](CO)NC(=O)Cc1ccc(F)c(F)c1. The van der Waals surface area contributed by atoms with E-state index in [0.717, 1.165) is 12.1 Å². The van der Waals surface area contributed by atoms with Crippen molar-refractivity contribution in [3.63, 3.8) is 0 Å². The Labute approximate surface area is 105 Å². The van der Waals surface area contributed by atoms with Gasteiger partial charge in [-0.2, -0.15) is 0 Å². The lowest BCUT2D eigenvalue weighted by molar-refractivity contribution is -0.121. The Hall–Kier alpha value is -1.49. The number of carbonyl (C=O) groups is 1. The minimum Gasteiger partial charge on any atom is -0.394 e. The van der Waals surface area contributed by atoms with Crippen LogP contribution in [0.25, 0.3) is 0 Å². The molecule has 0 bridgehead atoms. The summed E-state index contributed by atoms with van der Waals surface area (Å²) < 4.78 is 25.6. The molecular formula is C13H17F2NO2. The minimum absolute atomic E-state index is 0.0413. The Bertz CT molecular complexity index is 421. The third kappa shape index (κ3) is 4.07. The summed E-state index contributed by atoms with van der Waals surface area (Å²) in [5.41, 5.74) is 0.395. The maximum atomic E-state index is 12.9. The topological polar surface area (TPSA) is 49.3 Å². The van der Waals surface area contributed by atoms with Crippen LogP contribution in [0, 0.1) is 17.6 Å². The third-order valence-electron chi connectivity index (χ3n) is 2.70. The number of amides is 1. The molecule has 1 aromatic rings. The van der Waals surface area contributed by atoms with Gasteiger partial charge in [-0.15, -0.1) is 0 Å². The van der Waals surface area contributed by atoms with E-state index >= 15 is 0 Å². The van der Waals surface area contributed by atoms with Crippen molar-refractivity contribution in [3.05, 3.63) is 35.4 Å². The maximum absolute atomic E-state index is 12.9. The van der Waals surface area contributed by atoms with Gasteiger partial charge in [-0.3, -0.25) is 4.79 Å². The molecule has 3 nitrogen and oxygen atoms in total. The van der Waals surface area contributed by atoms with E-state index in [2.05, 4.69) is 5.32 Å². The van der Waals surface area contributed by atoms with Gasteiger partial charge < -0.3 is 10.4 Å². The Morgan fingerprint density at radius 2 is 2.00 bits per heavy atom. The highest BCUT2D eigenvalue weighted by Gasteiger charge is 2.15. The molecule has 1 amide bonds. The van der Waals surface area contributed by atoms with Crippen LogP contribution in [0.1, 0.15) is 19.4 Å². The third-order valence-corrected chi connectivity index (χ3v) is 2.70. The summed E-state index contributed by atoms with van der Waals surface area (Å²) in [4.78, 5) is 11.6. The second-order valence-electron chi connectivity index (χ2n) is 4.53. The molecule has 18 heavy (non-hydrogen) atoms. The van der Waals surface area contributed by atoms with Crippen LogP contribution in [0.2, 0.25) is 0 Å². The fourth-order valence-electron chi connectivity index (χ4n) is 1.52. The summed E-state index contributed by atoms with van der Waals surface area (Å²) in [7, 11) is 0. The molecule has 0 saturated carbocycles. The lowest BCUT2D eigenvalue weighted by atomic mass is 10.0. The molecule has 0 fully saturated rings. The summed E-state index contributed by atoms with van der Waals surface area (Å²) in [5.74, 6) is -2.13.